The molecule has 0 saturated carbocycles. The minimum Gasteiger partial charge on any atom is -0.497 e. The van der Waals surface area contributed by atoms with Gasteiger partial charge in [-0.3, -0.25) is 0 Å². The summed E-state index contributed by atoms with van der Waals surface area (Å²) in [5, 5.41) is 1.74. The maximum absolute atomic E-state index is 7.11. The summed E-state index contributed by atoms with van der Waals surface area (Å²) in [6.07, 6.45) is 8.19. The number of rotatable bonds is 18. The maximum Gasteiger partial charge on any atom is 0.453 e. The van der Waals surface area contributed by atoms with E-state index in [1.165, 1.54) is 0 Å². The average Bonchev–Trinajstić information content (AvgIpc) is 3.32. The third kappa shape index (κ3) is 9.96. The minimum absolute atomic E-state index is 0.510. The molecule has 5 aromatic rings. The van der Waals surface area contributed by atoms with E-state index in [4.69, 9.17) is 58.9 Å². The van der Waals surface area contributed by atoms with Gasteiger partial charge in [0.25, 0.3) is 6.85 Å². The quantitative estimate of drug-likeness (QED) is 0.0635. The molecule has 0 aliphatic carbocycles. The van der Waals surface area contributed by atoms with Crippen LogP contribution in [0.1, 0.15) is 76.0 Å². The molecule has 5 rings (SSSR count). The number of halogens is 3. The van der Waals surface area contributed by atoms with E-state index < -0.39 is 15.1 Å². The number of aryl methyl sites for hydroxylation is 3. The second kappa shape index (κ2) is 19.8. The normalized spacial score (nSPS) is 11.3. The fourth-order valence-corrected chi connectivity index (χ4v) is 9.08. The minimum atomic E-state index is -2.08. The first-order valence-electron chi connectivity index (χ1n) is 17.8. The summed E-state index contributed by atoms with van der Waals surface area (Å²) in [7, 11) is 4.58. The first-order chi connectivity index (χ1) is 25.7. The summed E-state index contributed by atoms with van der Waals surface area (Å²) in [5.74, 6) is 3.88. The molecule has 0 N–H and O–H groups in total. The van der Waals surface area contributed by atoms with Crippen LogP contribution in [0.3, 0.4) is 0 Å². The van der Waals surface area contributed by atoms with Gasteiger partial charge < -0.3 is 36.4 Å². The molecule has 0 bridgehead atoms. The Morgan fingerprint density at radius 1 is 0.585 bits per heavy atom. The van der Waals surface area contributed by atoms with Crippen LogP contribution in [0.25, 0.3) is 33.1 Å². The van der Waals surface area contributed by atoms with Gasteiger partial charge in [0.2, 0.25) is 0 Å². The zero-order valence-electron chi connectivity index (χ0n) is 31.3. The monoisotopic (exact) mass is 914 g/mol. The fraction of sp³-hybridized carbons (Fsp3) is 0.400. The Morgan fingerprint density at radius 3 is 1.45 bits per heavy atom. The summed E-state index contributed by atoms with van der Waals surface area (Å²) in [5.41, 5.74) is 5.77. The van der Waals surface area contributed by atoms with E-state index in [1.54, 1.807) is 28.4 Å². The van der Waals surface area contributed by atoms with Crippen molar-refractivity contribution in [3.05, 3.63) is 68.8 Å². The van der Waals surface area contributed by atoms with Gasteiger partial charge >= 0.3 is 8.24 Å². The molecule has 0 saturated heterocycles. The van der Waals surface area contributed by atoms with Crippen molar-refractivity contribution in [2.75, 3.05) is 28.4 Å². The smallest absolute Gasteiger partial charge is 0.453 e. The van der Waals surface area contributed by atoms with E-state index in [0.29, 0.717) is 45.3 Å². The fourth-order valence-electron chi connectivity index (χ4n) is 6.24. The molecule has 286 valence electrons. The molecule has 53 heavy (non-hydrogen) atoms. The van der Waals surface area contributed by atoms with E-state index in [2.05, 4.69) is 55.5 Å². The largest absolute Gasteiger partial charge is 0.497 e. The molecule has 13 heteroatoms. The molecule has 0 fully saturated rings. The SMILES string of the molecule is CCCCc1cc(OC)cc(-c2cc(OC)cc(I)c2OP(Cl)Cl)c1Op1oc2c(CCCC)cc(OC)cc2c2cc(OC)cc(CCCC)c2o1. The number of hydrogen-bond acceptors (Lipinski definition) is 8. The van der Waals surface area contributed by atoms with Crippen LogP contribution in [0.4, 0.5) is 0 Å². The van der Waals surface area contributed by atoms with Crippen molar-refractivity contribution in [1.29, 1.82) is 0 Å². The molecule has 8 nitrogen and oxygen atoms in total. The van der Waals surface area contributed by atoms with Crippen molar-refractivity contribution in [3.63, 3.8) is 0 Å². The van der Waals surface area contributed by atoms with Crippen LogP contribution in [-0.4, -0.2) is 28.4 Å². The highest BCUT2D eigenvalue weighted by Gasteiger charge is 2.25. The molecule has 0 unspecified atom stereocenters. The van der Waals surface area contributed by atoms with Gasteiger partial charge in [-0.25, -0.2) is 0 Å². The topological polar surface area (TPSA) is 81.7 Å². The lowest BCUT2D eigenvalue weighted by Crippen LogP contribution is -1.99. The Labute approximate surface area is 337 Å². The zero-order valence-corrected chi connectivity index (χ0v) is 36.7. The Bertz CT molecular complexity index is 1990. The van der Waals surface area contributed by atoms with Crippen LogP contribution >= 0.6 is 60.2 Å². The molecule has 4 aromatic carbocycles. The lowest BCUT2D eigenvalue weighted by atomic mass is 9.97. The van der Waals surface area contributed by atoms with Gasteiger partial charge in [-0.1, -0.05) is 40.0 Å². The lowest BCUT2D eigenvalue weighted by Gasteiger charge is -2.20. The van der Waals surface area contributed by atoms with E-state index >= 15 is 0 Å². The van der Waals surface area contributed by atoms with Gasteiger partial charge in [-0.15, -0.1) is 0 Å². The first kappa shape index (κ1) is 41.5. The lowest BCUT2D eigenvalue weighted by molar-refractivity contribution is 0.412. The van der Waals surface area contributed by atoms with Gasteiger partial charge in [0.1, 0.15) is 45.7 Å². The number of hydrogen-bond donors (Lipinski definition) is 0. The van der Waals surface area contributed by atoms with Crippen LogP contribution in [-0.2, 0) is 19.3 Å². The number of ether oxygens (including phenoxy) is 4. The van der Waals surface area contributed by atoms with Gasteiger partial charge in [0, 0.05) is 21.9 Å². The van der Waals surface area contributed by atoms with E-state index in [0.717, 1.165) is 100 Å². The number of unbranched alkanes of at least 4 members (excludes halogenated alkanes) is 3. The summed E-state index contributed by atoms with van der Waals surface area (Å²) in [6, 6.07) is 15.8. The predicted octanol–water partition coefficient (Wildman–Crippen LogP) is 14.5. The molecule has 0 atom stereocenters. The third-order valence-electron chi connectivity index (χ3n) is 9.02. The summed E-state index contributed by atoms with van der Waals surface area (Å²) in [6.45, 7) is 4.72. The van der Waals surface area contributed by atoms with Crippen LogP contribution in [0.5, 0.6) is 34.5 Å². The summed E-state index contributed by atoms with van der Waals surface area (Å²) in [4.78, 5) is 0. The molecule has 0 radical (unpaired) electrons. The highest BCUT2D eigenvalue weighted by Crippen LogP contribution is 2.54. The molecule has 0 aliphatic rings. The molecular formula is C40H47Cl2IO8P2. The van der Waals surface area contributed by atoms with Crippen molar-refractivity contribution in [2.24, 2.45) is 0 Å². The Morgan fingerprint density at radius 2 is 1.00 bits per heavy atom. The van der Waals surface area contributed by atoms with Crippen molar-refractivity contribution in [2.45, 2.75) is 78.6 Å². The second-order valence-corrected chi connectivity index (χ2v) is 17.7. The van der Waals surface area contributed by atoms with Gasteiger partial charge in [-0.05, 0) is 149 Å². The molecular weight excluding hydrogens is 868 g/mol. The first-order valence-corrected chi connectivity index (χ1v) is 23.1. The van der Waals surface area contributed by atoms with Crippen molar-refractivity contribution < 1.29 is 36.4 Å². The predicted molar refractivity (Wildman–Crippen MR) is 228 cm³/mol. The molecule has 1 heterocycles. The van der Waals surface area contributed by atoms with Crippen LogP contribution in [0.2, 0.25) is 0 Å². The van der Waals surface area contributed by atoms with Gasteiger partial charge in [0.15, 0.2) is 0 Å². The highest BCUT2D eigenvalue weighted by molar-refractivity contribution is 14.1. The third-order valence-corrected chi connectivity index (χ3v) is 11.5. The van der Waals surface area contributed by atoms with E-state index in [1.807, 2.05) is 36.4 Å². The summed E-state index contributed by atoms with van der Waals surface area (Å²) >= 11 is 14.8. The van der Waals surface area contributed by atoms with Crippen molar-refractivity contribution >= 4 is 82.1 Å². The summed E-state index contributed by atoms with van der Waals surface area (Å²) < 4.78 is 51.2. The molecule has 0 spiro atoms. The van der Waals surface area contributed by atoms with Crippen molar-refractivity contribution in [3.8, 4) is 45.6 Å². The highest BCUT2D eigenvalue weighted by atomic mass is 127. The van der Waals surface area contributed by atoms with Crippen LogP contribution in [0, 0.1) is 3.57 Å². The second-order valence-electron chi connectivity index (χ2n) is 12.6. The molecule has 0 amide bonds. The van der Waals surface area contributed by atoms with E-state index in [-0.39, 0.29) is 0 Å². The zero-order chi connectivity index (χ0) is 38.1. The van der Waals surface area contributed by atoms with Crippen molar-refractivity contribution in [1.82, 2.24) is 0 Å². The Hall–Kier alpha value is -2.68. The van der Waals surface area contributed by atoms with Gasteiger partial charge in [-0.2, -0.15) is 0 Å². The standard InChI is InChI=1S/C40H47Cl2IO8P2/c1-8-11-14-25-17-28(44-4)20-32-33-21-29(45-5)18-26(15-12-9-2)38(33)50-53(49-37(25)32)51-39-27(16-13-10-3)19-30(46-6)22-34(39)35-23-31(47-7)24-36(43)40(35)48-52(41)42/h17-24H,8-16H2,1-7H3. The number of benzene rings is 4. The Kier molecular flexibility index (Phi) is 15.5. The molecule has 1 aromatic heterocycles. The van der Waals surface area contributed by atoms with Crippen LogP contribution < -0.4 is 28.0 Å². The number of fused-ring (bicyclic) bond motifs is 3. The van der Waals surface area contributed by atoms with Crippen LogP contribution in [0.15, 0.2) is 56.9 Å². The molecule has 0 aliphatic heterocycles. The Balaban J connectivity index is 1.91. The number of methoxy groups -OCH3 is 4. The van der Waals surface area contributed by atoms with Gasteiger partial charge in [0.05, 0.1) is 32.0 Å². The average molecular weight is 916 g/mol. The van der Waals surface area contributed by atoms with E-state index in [9.17, 15) is 0 Å². The maximum atomic E-state index is 7.11.